The molecule has 2 amide bonds. The Morgan fingerprint density at radius 2 is 1.03 bits per heavy atom. The molecule has 2 spiro atoms. The number of ether oxygens (including phenoxy) is 6. The Hall–Kier alpha value is -5.20. The minimum absolute atomic E-state index is 0.0871. The van der Waals surface area contributed by atoms with Crippen LogP contribution >= 0.6 is 23.5 Å². The zero-order valence-electron chi connectivity index (χ0n) is 38.7. The highest BCUT2D eigenvalue weighted by molar-refractivity contribution is 8.15. The number of hydrazone groups is 2. The predicted molar refractivity (Wildman–Crippen MR) is 251 cm³/mol. The third kappa shape index (κ3) is 10.5. The maximum absolute atomic E-state index is 14.8. The summed E-state index contributed by atoms with van der Waals surface area (Å²) in [6, 6.07) is 11.3. The van der Waals surface area contributed by atoms with Crippen molar-refractivity contribution >= 4 is 45.4 Å². The number of thioether (sulfide) groups is 2. The zero-order chi connectivity index (χ0) is 50.3. The summed E-state index contributed by atoms with van der Waals surface area (Å²) in [6.45, 7) is 4.50. The first-order valence-corrected chi connectivity index (χ1v) is 23.8. The normalized spacial score (nSPS) is 21.1. The van der Waals surface area contributed by atoms with Crippen LogP contribution in [0.15, 0.2) is 70.9 Å². The molecule has 0 aromatic heterocycles. The van der Waals surface area contributed by atoms with E-state index in [1.165, 1.54) is 48.5 Å². The van der Waals surface area contributed by atoms with Crippen LogP contribution in [0.5, 0.6) is 11.5 Å². The van der Waals surface area contributed by atoms with Crippen LogP contribution < -0.4 is 20.9 Å². The number of methoxy groups -OCH3 is 2. The lowest BCUT2D eigenvalue weighted by atomic mass is 9.85. The minimum atomic E-state index is -1.30. The van der Waals surface area contributed by atoms with Crippen molar-refractivity contribution in [1.82, 2.24) is 10.0 Å². The maximum Gasteiger partial charge on any atom is 0.270 e. The first kappa shape index (κ1) is 52.6. The monoisotopic (exact) mass is 1020 g/mol. The van der Waals surface area contributed by atoms with Crippen molar-refractivity contribution < 1.29 is 64.4 Å². The molecule has 4 aromatic carbocycles. The van der Waals surface area contributed by atoms with Crippen molar-refractivity contribution in [3.63, 3.8) is 0 Å². The number of carbonyl (C=O) groups excluding carboxylic acids is 2. The van der Waals surface area contributed by atoms with E-state index in [0.29, 0.717) is 46.6 Å². The van der Waals surface area contributed by atoms with Gasteiger partial charge in [-0.2, -0.15) is 10.2 Å². The molecule has 4 N–H and O–H groups in total. The van der Waals surface area contributed by atoms with Gasteiger partial charge in [0.2, 0.25) is 0 Å². The molecule has 70 heavy (non-hydrogen) atoms. The van der Waals surface area contributed by atoms with Crippen LogP contribution in [0.3, 0.4) is 0 Å². The molecule has 0 unspecified atom stereocenters. The van der Waals surface area contributed by atoms with Gasteiger partial charge in [0.1, 0.15) is 69.7 Å². The third-order valence-corrected chi connectivity index (χ3v) is 14.9. The first-order valence-electron chi connectivity index (χ1n) is 22.2. The second-order valence-electron chi connectivity index (χ2n) is 16.5. The quantitative estimate of drug-likeness (QED) is 0.0868. The highest BCUT2D eigenvalue weighted by atomic mass is 32.2. The molecule has 4 heterocycles. The van der Waals surface area contributed by atoms with Gasteiger partial charge in [-0.15, -0.1) is 0 Å². The van der Waals surface area contributed by atoms with E-state index < -0.39 is 68.3 Å². The molecule has 4 aromatic rings. The Kier molecular flexibility index (Phi) is 17.2. The number of hydrogen-bond donors (Lipinski definition) is 2. The summed E-state index contributed by atoms with van der Waals surface area (Å²) in [5.74, 6) is -4.82. The van der Waals surface area contributed by atoms with Gasteiger partial charge in [0.25, 0.3) is 11.8 Å². The maximum atomic E-state index is 14.8. The summed E-state index contributed by atoms with van der Waals surface area (Å²) in [5, 5.41) is 11.5. The van der Waals surface area contributed by atoms with Crippen molar-refractivity contribution in [1.29, 1.82) is 0 Å². The van der Waals surface area contributed by atoms with Crippen LogP contribution in [-0.4, -0.2) is 112 Å². The van der Waals surface area contributed by atoms with Crippen LogP contribution in [0.1, 0.15) is 46.2 Å². The summed E-state index contributed by atoms with van der Waals surface area (Å²) in [5.41, 5.74) is 13.4. The van der Waals surface area contributed by atoms with E-state index in [0.717, 1.165) is 59.9 Å². The van der Waals surface area contributed by atoms with E-state index in [-0.39, 0.29) is 87.2 Å². The van der Waals surface area contributed by atoms with Crippen LogP contribution in [0, 0.1) is 60.6 Å². The minimum Gasteiger partial charge on any atom is -0.492 e. The molecule has 0 bridgehead atoms. The van der Waals surface area contributed by atoms with Crippen molar-refractivity contribution in [2.75, 3.05) is 80.2 Å². The van der Waals surface area contributed by atoms with E-state index in [2.05, 4.69) is 10.2 Å². The average molecular weight is 1020 g/mol. The van der Waals surface area contributed by atoms with Gasteiger partial charge in [-0.25, -0.2) is 36.4 Å². The number of nitrogens with zero attached hydrogens (tertiary/aromatic N) is 4. The Morgan fingerprint density at radius 3 is 1.40 bits per heavy atom. The average Bonchev–Trinajstić information content (AvgIpc) is 3.92. The third-order valence-electron chi connectivity index (χ3n) is 11.9. The molecule has 4 aliphatic heterocycles. The molecular weight excluding hydrogens is 967 g/mol. The van der Waals surface area contributed by atoms with Crippen LogP contribution in [-0.2, 0) is 38.3 Å². The Morgan fingerprint density at radius 1 is 0.629 bits per heavy atom. The number of fused-ring (bicyclic) bond motifs is 4. The number of amides is 2. The van der Waals surface area contributed by atoms with Gasteiger partial charge in [0, 0.05) is 48.3 Å². The molecule has 4 aliphatic rings. The van der Waals surface area contributed by atoms with Gasteiger partial charge in [-0.05, 0) is 112 Å². The fraction of sp³-hybridized carbons (Fsp3) is 0.417. The van der Waals surface area contributed by atoms with Crippen LogP contribution in [0.2, 0.25) is 0 Å². The largest absolute Gasteiger partial charge is 0.492 e. The summed E-state index contributed by atoms with van der Waals surface area (Å²) in [6.07, 6.45) is 0.815. The SMILES string of the molecule is COCCOCC(=O)N1N=C(c2cc(F)ccc2F)S[C@@]12c1cc(F)cc(C)c1OC[C@H]2CCN.COCCOCC(=O)N1N=C(c2cc(F)ccc2F)S[C@]12c1cc(F)cc(C)c1OC[C@@H]2CCN. The van der Waals surface area contributed by atoms with Gasteiger partial charge in [-0.1, -0.05) is 23.5 Å². The lowest BCUT2D eigenvalue weighted by molar-refractivity contribution is -0.143. The highest BCUT2D eigenvalue weighted by Crippen LogP contribution is 2.60. The number of aryl methyl sites for hydroxylation is 2. The lowest BCUT2D eigenvalue weighted by Gasteiger charge is -2.45. The second-order valence-corrected chi connectivity index (χ2v) is 19.0. The molecule has 0 fully saturated rings. The summed E-state index contributed by atoms with van der Waals surface area (Å²) < 4.78 is 120. The number of halogens is 6. The van der Waals surface area contributed by atoms with Gasteiger partial charge < -0.3 is 39.9 Å². The van der Waals surface area contributed by atoms with Gasteiger partial charge >= 0.3 is 0 Å². The Labute approximate surface area is 409 Å². The van der Waals surface area contributed by atoms with E-state index in [4.69, 9.17) is 39.9 Å². The Balaban J connectivity index is 0.000000206. The van der Waals surface area contributed by atoms with E-state index in [1.807, 2.05) is 0 Å². The zero-order valence-corrected chi connectivity index (χ0v) is 40.3. The van der Waals surface area contributed by atoms with Gasteiger partial charge in [0.05, 0.1) is 39.6 Å². The number of hydrogen-bond acceptors (Lipinski definition) is 14. The molecular formula is C48H52F6N6O8S2. The molecule has 0 saturated carbocycles. The highest BCUT2D eigenvalue weighted by Gasteiger charge is 2.59. The molecule has 0 aliphatic carbocycles. The standard InChI is InChI=1S/2C24H26F3N3O4S/c2*1-14-9-17(26)11-19-22(14)34-12-15(5-6-28)24(19)30(21(31)13-33-8-7-32-2)29-23(35-24)18-10-16(25)3-4-20(18)27/h2*3-4,9-11,15H,5-8,12-13,28H2,1-2H3/t2*15-,24+/m10/s1. The van der Waals surface area contributed by atoms with Crippen molar-refractivity contribution in [3.8, 4) is 11.5 Å². The van der Waals surface area contributed by atoms with E-state index >= 15 is 0 Å². The van der Waals surface area contributed by atoms with E-state index in [1.54, 1.807) is 13.8 Å². The predicted octanol–water partition coefficient (Wildman–Crippen LogP) is 7.05. The summed E-state index contributed by atoms with van der Waals surface area (Å²) in [7, 11) is 3.02. The molecule has 4 atom stereocenters. The van der Waals surface area contributed by atoms with E-state index in [9.17, 15) is 35.9 Å². The number of carbonyl (C=O) groups is 2. The number of benzene rings is 4. The van der Waals surface area contributed by atoms with Crippen molar-refractivity contribution in [2.24, 2.45) is 33.5 Å². The molecule has 8 rings (SSSR count). The first-order chi connectivity index (χ1) is 33.6. The van der Waals surface area contributed by atoms with Crippen LogP contribution in [0.4, 0.5) is 26.3 Å². The topological polar surface area (TPSA) is 173 Å². The molecule has 376 valence electrons. The molecule has 14 nitrogen and oxygen atoms in total. The molecule has 0 radical (unpaired) electrons. The van der Waals surface area contributed by atoms with Crippen molar-refractivity contribution in [2.45, 2.75) is 36.4 Å². The smallest absolute Gasteiger partial charge is 0.270 e. The number of rotatable bonds is 16. The fourth-order valence-corrected chi connectivity index (χ4v) is 11.8. The van der Waals surface area contributed by atoms with Gasteiger partial charge in [-0.3, -0.25) is 9.59 Å². The fourth-order valence-electron chi connectivity index (χ4n) is 8.72. The number of nitrogens with two attached hydrogens (primary N) is 2. The van der Waals surface area contributed by atoms with Crippen LogP contribution in [0.25, 0.3) is 0 Å². The summed E-state index contributed by atoms with van der Waals surface area (Å²) in [4.78, 5) is 24.3. The molecule has 22 heteroatoms. The van der Waals surface area contributed by atoms with Crippen molar-refractivity contribution in [3.05, 3.63) is 129 Å². The molecule has 0 saturated heterocycles. The van der Waals surface area contributed by atoms with Gasteiger partial charge in [0.15, 0.2) is 9.74 Å². The summed E-state index contributed by atoms with van der Waals surface area (Å²) >= 11 is 2.13. The Bertz CT molecular complexity index is 2480. The second kappa shape index (κ2) is 22.9. The lowest BCUT2D eigenvalue weighted by Crippen LogP contribution is -2.52.